The molecule has 1 atom stereocenters. The van der Waals surface area contributed by atoms with Gasteiger partial charge < -0.3 is 0 Å². The highest BCUT2D eigenvalue weighted by molar-refractivity contribution is 9.25. The fraction of sp³-hybridized carbons (Fsp3) is 1.00. The molecule has 0 aliphatic rings. The lowest BCUT2D eigenvalue weighted by Gasteiger charge is -2.41. The van der Waals surface area contributed by atoms with E-state index < -0.39 is 44.4 Å². The Balaban J connectivity index is 6.31. The van der Waals surface area contributed by atoms with Gasteiger partial charge in [-0.2, -0.15) is 57.1 Å². The summed E-state index contributed by atoms with van der Waals surface area (Å²) in [6, 6.07) is 0. The Labute approximate surface area is 149 Å². The molecule has 0 radical (unpaired) electrons. The Kier molecular flexibility index (Phi) is 6.75. The van der Waals surface area contributed by atoms with E-state index in [1.54, 1.807) is 15.9 Å². The van der Waals surface area contributed by atoms with E-state index in [1.807, 2.05) is 0 Å². The van der Waals surface area contributed by atoms with Crippen molar-refractivity contribution in [3.63, 3.8) is 0 Å². The van der Waals surface area contributed by atoms with Gasteiger partial charge in [0.2, 0.25) is 0 Å². The van der Waals surface area contributed by atoms with Gasteiger partial charge in [-0.3, -0.25) is 0 Å². The van der Waals surface area contributed by atoms with Gasteiger partial charge in [0.05, 0.1) is 3.74 Å². The maximum atomic E-state index is 13.4. The van der Waals surface area contributed by atoms with Crippen molar-refractivity contribution in [2.75, 3.05) is 0 Å². The van der Waals surface area contributed by atoms with Crippen LogP contribution in [0.3, 0.4) is 0 Å². The molecular weight excluding hydrogens is 583 g/mol. The molecule has 0 saturated heterocycles. The fourth-order valence-corrected chi connectivity index (χ4v) is 2.06. The van der Waals surface area contributed by atoms with E-state index in [1.165, 1.54) is 0 Å². The Morgan fingerprint density at radius 2 is 0.750 bits per heavy atom. The summed E-state index contributed by atoms with van der Waals surface area (Å²) >= 11 is 6.04. The third-order valence-corrected chi connectivity index (χ3v) is 6.11. The maximum absolute atomic E-state index is 13.4. The third-order valence-electron chi connectivity index (χ3n) is 2.53. The molecule has 0 nitrogen and oxygen atoms in total. The van der Waals surface area contributed by atoms with E-state index in [-0.39, 0.29) is 0 Å². The summed E-state index contributed by atoms with van der Waals surface area (Å²) in [5, 5.41) is 0. The standard InChI is InChI=1S/C8H2Br3F13/c9-1(2(10)11)3(12,13)4(14,15)5(16,17)6(18,19)7(20,21)8(22,23)24/h1-2H. The van der Waals surface area contributed by atoms with Gasteiger partial charge in [0.15, 0.2) is 0 Å². The molecule has 24 heavy (non-hydrogen) atoms. The molecule has 0 saturated carbocycles. The molecule has 1 unspecified atom stereocenters. The Morgan fingerprint density at radius 3 is 1.00 bits per heavy atom. The largest absolute Gasteiger partial charge is 0.460 e. The van der Waals surface area contributed by atoms with Crippen LogP contribution in [0.5, 0.6) is 0 Å². The zero-order valence-corrected chi connectivity index (χ0v) is 15.0. The molecule has 0 aliphatic carbocycles. The lowest BCUT2D eigenvalue weighted by molar-refractivity contribution is -0.439. The highest BCUT2D eigenvalue weighted by Gasteiger charge is 2.91. The van der Waals surface area contributed by atoms with E-state index in [2.05, 4.69) is 31.9 Å². The monoisotopic (exact) mass is 582 g/mol. The summed E-state index contributed by atoms with van der Waals surface area (Å²) in [6.07, 6.45) is -7.41. The molecule has 0 N–H and O–H groups in total. The summed E-state index contributed by atoms with van der Waals surface area (Å²) in [6.45, 7) is 0. The average molecular weight is 585 g/mol. The number of halogens is 16. The second-order valence-electron chi connectivity index (χ2n) is 4.15. The lowest BCUT2D eigenvalue weighted by atomic mass is 9.93. The van der Waals surface area contributed by atoms with Crippen molar-refractivity contribution in [1.82, 2.24) is 0 Å². The summed E-state index contributed by atoms with van der Waals surface area (Å²) in [5.41, 5.74) is 0. The Bertz CT molecular complexity index is 455. The molecule has 0 bridgehead atoms. The van der Waals surface area contributed by atoms with Gasteiger partial charge in [0, 0.05) is 0 Å². The first-order valence-corrected chi connectivity index (χ1v) is 7.73. The van der Waals surface area contributed by atoms with Gasteiger partial charge in [0.25, 0.3) is 0 Å². The molecule has 146 valence electrons. The minimum atomic E-state index is -7.88. The number of rotatable bonds is 6. The van der Waals surface area contributed by atoms with Crippen LogP contribution in [0, 0.1) is 0 Å². The molecule has 0 spiro atoms. The van der Waals surface area contributed by atoms with Crippen LogP contribution in [0.2, 0.25) is 0 Å². The van der Waals surface area contributed by atoms with Crippen molar-refractivity contribution < 1.29 is 57.1 Å². The zero-order valence-electron chi connectivity index (χ0n) is 10.2. The van der Waals surface area contributed by atoms with E-state index in [4.69, 9.17) is 0 Å². The van der Waals surface area contributed by atoms with Crippen molar-refractivity contribution >= 4 is 47.8 Å². The molecular formula is C8H2Br3F13. The van der Waals surface area contributed by atoms with Crippen LogP contribution in [0.25, 0.3) is 0 Å². The number of alkyl halides is 16. The first-order chi connectivity index (χ1) is 10.1. The topological polar surface area (TPSA) is 0 Å². The predicted octanol–water partition coefficient (Wildman–Crippen LogP) is 6.60. The second-order valence-corrected chi connectivity index (χ2v) is 8.34. The van der Waals surface area contributed by atoms with E-state index in [9.17, 15) is 57.1 Å². The minimum absolute atomic E-state index is 1.74. The van der Waals surface area contributed by atoms with Crippen LogP contribution in [-0.2, 0) is 0 Å². The van der Waals surface area contributed by atoms with Gasteiger partial charge in [-0.15, -0.1) is 0 Å². The van der Waals surface area contributed by atoms with Crippen LogP contribution in [0.1, 0.15) is 0 Å². The minimum Gasteiger partial charge on any atom is -0.198 e. The van der Waals surface area contributed by atoms with Crippen LogP contribution in [0.4, 0.5) is 57.1 Å². The zero-order chi connectivity index (χ0) is 20.2. The van der Waals surface area contributed by atoms with Gasteiger partial charge in [-0.1, -0.05) is 47.8 Å². The second kappa shape index (κ2) is 6.60. The van der Waals surface area contributed by atoms with Crippen LogP contribution in [0.15, 0.2) is 0 Å². The molecule has 0 amide bonds. The summed E-state index contributed by atoms with van der Waals surface area (Å²) in [4.78, 5) is -3.10. The van der Waals surface area contributed by atoms with E-state index in [0.717, 1.165) is 0 Å². The molecule has 0 rings (SSSR count). The van der Waals surface area contributed by atoms with Crippen molar-refractivity contribution in [1.29, 1.82) is 0 Å². The number of hydrogen-bond donors (Lipinski definition) is 0. The van der Waals surface area contributed by atoms with Gasteiger partial charge in [0.1, 0.15) is 4.83 Å². The molecule has 16 heteroatoms. The quantitative estimate of drug-likeness (QED) is 0.244. The van der Waals surface area contributed by atoms with Crippen LogP contribution < -0.4 is 0 Å². The van der Waals surface area contributed by atoms with Gasteiger partial charge in [-0.05, 0) is 0 Å². The highest BCUT2D eigenvalue weighted by atomic mass is 79.9. The van der Waals surface area contributed by atoms with Crippen molar-refractivity contribution in [2.24, 2.45) is 0 Å². The van der Waals surface area contributed by atoms with Crippen LogP contribution >= 0.6 is 47.8 Å². The van der Waals surface area contributed by atoms with Crippen molar-refractivity contribution in [3.05, 3.63) is 0 Å². The van der Waals surface area contributed by atoms with Crippen molar-refractivity contribution in [3.8, 4) is 0 Å². The smallest absolute Gasteiger partial charge is 0.198 e. The van der Waals surface area contributed by atoms with Crippen molar-refractivity contribution in [2.45, 2.75) is 44.4 Å². The fourth-order valence-electron chi connectivity index (χ4n) is 1.11. The number of hydrogen-bond acceptors (Lipinski definition) is 0. The first kappa shape index (κ1) is 24.5. The molecule has 0 aromatic rings. The molecule has 0 aliphatic heterocycles. The SMILES string of the molecule is FC(F)(F)C(F)(F)C(F)(F)C(F)(F)C(F)(F)C(F)(F)C(Br)C(Br)Br. The summed E-state index contributed by atoms with van der Waals surface area (Å²) in [7, 11) is 0. The Hall–Kier alpha value is 0.530. The molecule has 0 aromatic carbocycles. The van der Waals surface area contributed by atoms with E-state index in [0.29, 0.717) is 0 Å². The Morgan fingerprint density at radius 1 is 0.458 bits per heavy atom. The average Bonchev–Trinajstić information content (AvgIpc) is 2.35. The summed E-state index contributed by atoms with van der Waals surface area (Å²) < 4.78 is 164. The maximum Gasteiger partial charge on any atom is 0.460 e. The summed E-state index contributed by atoms with van der Waals surface area (Å²) in [5.74, 6) is -36.9. The van der Waals surface area contributed by atoms with E-state index >= 15 is 0 Å². The first-order valence-electron chi connectivity index (χ1n) is 4.98. The molecule has 0 heterocycles. The normalized spacial score (nSPS) is 17.4. The third kappa shape index (κ3) is 3.39. The van der Waals surface area contributed by atoms with Gasteiger partial charge >= 0.3 is 35.8 Å². The van der Waals surface area contributed by atoms with Crippen LogP contribution in [-0.4, -0.2) is 44.4 Å². The molecule has 0 fully saturated rings. The highest BCUT2D eigenvalue weighted by Crippen LogP contribution is 2.61. The predicted molar refractivity (Wildman–Crippen MR) is 65.1 cm³/mol. The van der Waals surface area contributed by atoms with Gasteiger partial charge in [-0.25, -0.2) is 0 Å². The molecule has 0 aromatic heterocycles. The lowest BCUT2D eigenvalue weighted by Crippen LogP contribution is -2.71.